The monoisotopic (exact) mass is 580 g/mol. The number of allylic oxidation sites excluding steroid dienone is 4. The lowest BCUT2D eigenvalue weighted by Gasteiger charge is -2.11. The molecular formula is C30H31F3N6O3. The van der Waals surface area contributed by atoms with Gasteiger partial charge in [-0.3, -0.25) is 4.79 Å². The second kappa shape index (κ2) is 12.9. The van der Waals surface area contributed by atoms with Crippen LogP contribution in [0.4, 0.5) is 24.9 Å². The maximum Gasteiger partial charge on any atom is 0.416 e. The molecule has 5 rings (SSSR count). The number of hydrogen-bond acceptors (Lipinski definition) is 8. The average Bonchev–Trinajstić information content (AvgIpc) is 3.55. The molecule has 12 heteroatoms. The summed E-state index contributed by atoms with van der Waals surface area (Å²) in [5, 5.41) is 21.7. The van der Waals surface area contributed by atoms with Gasteiger partial charge in [0.15, 0.2) is 0 Å². The molecule has 1 aliphatic carbocycles. The van der Waals surface area contributed by atoms with E-state index in [9.17, 15) is 18.0 Å². The van der Waals surface area contributed by atoms with E-state index in [0.29, 0.717) is 30.0 Å². The highest BCUT2D eigenvalue weighted by Crippen LogP contribution is 2.36. The van der Waals surface area contributed by atoms with E-state index in [1.165, 1.54) is 13.3 Å². The number of benzodiazepines with no additional fused rings is 1. The highest BCUT2D eigenvalue weighted by atomic mass is 19.4. The molecular weight excluding hydrogens is 549 g/mol. The lowest BCUT2D eigenvalue weighted by atomic mass is 10.0. The van der Waals surface area contributed by atoms with Crippen LogP contribution in [-0.4, -0.2) is 45.9 Å². The number of nitrogens with one attached hydrogen (secondary N) is 2. The maximum atomic E-state index is 13.0. The summed E-state index contributed by atoms with van der Waals surface area (Å²) < 4.78 is 44.5. The predicted octanol–water partition coefficient (Wildman–Crippen LogP) is 5.30. The van der Waals surface area contributed by atoms with Crippen molar-refractivity contribution in [1.29, 1.82) is 0 Å². The molecule has 3 unspecified atom stereocenters. The molecule has 1 fully saturated rings. The number of carbonyl (C=O) groups is 1. The molecule has 1 aromatic heterocycles. The Morgan fingerprint density at radius 2 is 1.86 bits per heavy atom. The summed E-state index contributed by atoms with van der Waals surface area (Å²) in [7, 11) is 0. The number of alkyl halides is 3. The zero-order valence-corrected chi connectivity index (χ0v) is 23.0. The van der Waals surface area contributed by atoms with Crippen LogP contribution in [0.1, 0.15) is 37.3 Å². The summed E-state index contributed by atoms with van der Waals surface area (Å²) in [5.41, 5.74) is 7.35. The van der Waals surface area contributed by atoms with E-state index in [1.807, 2.05) is 42.5 Å². The third-order valence-corrected chi connectivity index (χ3v) is 6.80. The number of aliphatic hydroxyl groups is 1. The van der Waals surface area contributed by atoms with E-state index in [4.69, 9.17) is 15.3 Å². The molecule has 9 nitrogen and oxygen atoms in total. The molecule has 3 atom stereocenters. The van der Waals surface area contributed by atoms with Crippen molar-refractivity contribution in [3.63, 3.8) is 0 Å². The van der Waals surface area contributed by atoms with Crippen LogP contribution in [-0.2, 0) is 4.79 Å². The number of halogens is 3. The van der Waals surface area contributed by atoms with Crippen LogP contribution in [0.5, 0.6) is 0 Å². The molecule has 0 saturated heterocycles. The van der Waals surface area contributed by atoms with Gasteiger partial charge in [-0.15, -0.1) is 5.10 Å². The minimum absolute atomic E-state index is 0.116. The number of rotatable bonds is 7. The van der Waals surface area contributed by atoms with Crippen molar-refractivity contribution in [2.24, 2.45) is 22.6 Å². The first kappa shape index (κ1) is 30.3. The van der Waals surface area contributed by atoms with Gasteiger partial charge in [-0.25, -0.2) is 4.99 Å². The molecule has 1 aliphatic heterocycles. The van der Waals surface area contributed by atoms with E-state index < -0.39 is 23.8 Å². The number of nitrogens with zero attached hydrogens (tertiary/aromatic N) is 3. The number of para-hydroxylation sites is 1. The Bertz CT molecular complexity index is 1530. The minimum atomic E-state index is -4.62. The Morgan fingerprint density at radius 1 is 1.19 bits per heavy atom. The quantitative estimate of drug-likeness (QED) is 0.278. The van der Waals surface area contributed by atoms with Crippen molar-refractivity contribution in [2.45, 2.75) is 32.6 Å². The first-order valence-electron chi connectivity index (χ1n) is 13.1. The summed E-state index contributed by atoms with van der Waals surface area (Å²) in [6.45, 7) is 7.16. The number of amides is 1. The van der Waals surface area contributed by atoms with E-state index in [2.05, 4.69) is 39.3 Å². The highest BCUT2D eigenvalue weighted by Gasteiger charge is 2.32. The molecule has 1 amide bonds. The lowest BCUT2D eigenvalue weighted by molar-refractivity contribution is -0.116. The van der Waals surface area contributed by atoms with Crippen LogP contribution in [0.15, 0.2) is 94.0 Å². The first-order chi connectivity index (χ1) is 20.0. The molecule has 42 heavy (non-hydrogen) atoms. The van der Waals surface area contributed by atoms with Crippen molar-refractivity contribution in [1.82, 2.24) is 10.2 Å². The average molecular weight is 581 g/mol. The number of hydrogen-bond donors (Lipinski definition) is 4. The van der Waals surface area contributed by atoms with E-state index >= 15 is 0 Å². The van der Waals surface area contributed by atoms with Crippen LogP contribution in [0.25, 0.3) is 5.57 Å². The van der Waals surface area contributed by atoms with Crippen LogP contribution >= 0.6 is 0 Å². The molecule has 3 aromatic rings. The Balaban J connectivity index is 0.000000600. The van der Waals surface area contributed by atoms with Gasteiger partial charge >= 0.3 is 12.2 Å². The summed E-state index contributed by atoms with van der Waals surface area (Å²) in [4.78, 5) is 17.5. The number of aliphatic imine (C=N–C) groups is 1. The van der Waals surface area contributed by atoms with Gasteiger partial charge < -0.3 is 25.9 Å². The van der Waals surface area contributed by atoms with Gasteiger partial charge in [-0.2, -0.15) is 13.2 Å². The smallest absolute Gasteiger partial charge is 0.404 e. The molecule has 2 aliphatic rings. The Kier molecular flexibility index (Phi) is 9.26. The molecule has 0 spiro atoms. The first-order valence-corrected chi connectivity index (χ1v) is 13.1. The molecule has 1 saturated carbocycles. The van der Waals surface area contributed by atoms with Gasteiger partial charge in [-0.1, -0.05) is 73.2 Å². The van der Waals surface area contributed by atoms with Gasteiger partial charge in [-0.05, 0) is 37.3 Å². The Morgan fingerprint density at radius 3 is 2.45 bits per heavy atom. The summed E-state index contributed by atoms with van der Waals surface area (Å²) in [6, 6.07) is 16.4. The van der Waals surface area contributed by atoms with E-state index in [0.717, 1.165) is 23.1 Å². The summed E-state index contributed by atoms with van der Waals surface area (Å²) in [5.74, 6) is 0.880. The minimum Gasteiger partial charge on any atom is -0.404 e. The lowest BCUT2D eigenvalue weighted by Crippen LogP contribution is -2.32. The number of nitrogens with two attached hydrogens (primary N) is 1. The third-order valence-electron chi connectivity index (χ3n) is 6.80. The van der Waals surface area contributed by atoms with Gasteiger partial charge in [0.05, 0.1) is 17.0 Å². The van der Waals surface area contributed by atoms with Crippen molar-refractivity contribution in [3.8, 4) is 0 Å². The number of fused-ring (bicyclic) bond motifs is 1. The fourth-order valence-electron chi connectivity index (χ4n) is 4.04. The van der Waals surface area contributed by atoms with Crippen molar-refractivity contribution < 1.29 is 27.5 Å². The van der Waals surface area contributed by atoms with E-state index in [1.54, 1.807) is 12.1 Å². The van der Waals surface area contributed by atoms with E-state index in [-0.39, 0.29) is 23.2 Å². The van der Waals surface area contributed by atoms with Crippen LogP contribution in [0, 0.1) is 11.8 Å². The zero-order chi connectivity index (χ0) is 30.4. The predicted molar refractivity (Wildman–Crippen MR) is 154 cm³/mol. The number of benzene rings is 2. The number of anilines is 2. The van der Waals surface area contributed by atoms with Crippen LogP contribution in [0.3, 0.4) is 0 Å². The fraction of sp³-hybridized carbons (Fsp3) is 0.267. The second-order valence-corrected chi connectivity index (χ2v) is 9.88. The van der Waals surface area contributed by atoms with Gasteiger partial charge in [0.2, 0.25) is 12.1 Å². The van der Waals surface area contributed by atoms with Gasteiger partial charge in [0, 0.05) is 29.0 Å². The van der Waals surface area contributed by atoms with Crippen LogP contribution in [0.2, 0.25) is 0 Å². The largest absolute Gasteiger partial charge is 0.416 e. The molecule has 2 heterocycles. The normalized spacial score (nSPS) is 20.5. The fourth-order valence-corrected chi connectivity index (χ4v) is 4.04. The van der Waals surface area contributed by atoms with Crippen molar-refractivity contribution >= 4 is 28.9 Å². The summed E-state index contributed by atoms with van der Waals surface area (Å²) in [6.07, 6.45) is -3.12. The SMILES string of the molecule is C=C/C(=C\C(N)=C(/C)c1nnc(NC2N=C(c3ccccc3)c3ccccc3NC2=O)o1)C(F)(F)F.CC1CC1CO. The van der Waals surface area contributed by atoms with Crippen LogP contribution < -0.4 is 16.4 Å². The second-order valence-electron chi connectivity index (χ2n) is 9.88. The number of aromatic nitrogens is 2. The number of aliphatic hydroxyl groups excluding tert-OH is 1. The molecule has 220 valence electrons. The molecule has 5 N–H and O–H groups in total. The Labute approximate surface area is 240 Å². The molecule has 0 radical (unpaired) electrons. The topological polar surface area (TPSA) is 139 Å². The summed E-state index contributed by atoms with van der Waals surface area (Å²) >= 11 is 0. The Hall–Kier alpha value is -4.71. The molecule has 0 bridgehead atoms. The van der Waals surface area contributed by atoms with Gasteiger partial charge in [0.1, 0.15) is 0 Å². The standard InChI is InChI=1S/C25H21F3N6O2.C5H10O/c1-3-16(25(26,27)28)13-18(29)14(2)23-33-34-24(36-23)32-21-22(35)30-19-12-8-7-11-17(19)20(31-21)15-9-5-4-6-10-15;1-4-2-5(4)3-6/h3-13,21H,1,29H2,2H3,(H,30,35)(H,32,34);4-6H,2-3H2,1H3/b16-13+,18-14-;. The maximum absolute atomic E-state index is 13.0. The highest BCUT2D eigenvalue weighted by molar-refractivity contribution is 6.19. The van der Waals surface area contributed by atoms with Crippen molar-refractivity contribution in [3.05, 3.63) is 102 Å². The van der Waals surface area contributed by atoms with Gasteiger partial charge in [0.25, 0.3) is 5.91 Å². The third kappa shape index (κ3) is 7.32. The van der Waals surface area contributed by atoms with Crippen molar-refractivity contribution in [2.75, 3.05) is 17.2 Å². The number of carbonyl (C=O) groups excluding carboxylic acids is 1. The molecule has 2 aromatic carbocycles. The zero-order valence-electron chi connectivity index (χ0n) is 23.0.